The van der Waals surface area contributed by atoms with Gasteiger partial charge in [-0.1, -0.05) is 0 Å². The molecule has 0 bridgehead atoms. The number of amides is 1. The Hall–Kier alpha value is -2.09. The Morgan fingerprint density at radius 2 is 2.11 bits per heavy atom. The number of carbonyl (C=O) groups excluding carboxylic acids is 1. The summed E-state index contributed by atoms with van der Waals surface area (Å²) in [6, 6.07) is 7.53. The zero-order valence-corrected chi connectivity index (χ0v) is 15.5. The molecule has 3 N–H and O–H groups in total. The van der Waals surface area contributed by atoms with Crippen molar-refractivity contribution in [2.24, 2.45) is 5.41 Å². The number of ether oxygens (including phenoxy) is 2. The Bertz CT molecular complexity index is 825. The molecule has 1 spiro atoms. The lowest BCUT2D eigenvalue weighted by Crippen LogP contribution is -2.62. The molecule has 7 nitrogen and oxygen atoms in total. The second kappa shape index (κ2) is 7.14. The minimum atomic E-state index is -0.390. The number of carbonyl (C=O) groups is 1. The molecule has 2 aromatic rings. The molecule has 146 valence electrons. The van der Waals surface area contributed by atoms with Crippen LogP contribution in [-0.4, -0.2) is 71.6 Å². The van der Waals surface area contributed by atoms with Crippen LogP contribution in [0.5, 0.6) is 5.75 Å². The van der Waals surface area contributed by atoms with E-state index in [2.05, 4.69) is 4.98 Å². The molecule has 7 heteroatoms. The second-order valence-corrected chi connectivity index (χ2v) is 7.50. The highest BCUT2D eigenvalue weighted by Crippen LogP contribution is 2.51. The van der Waals surface area contributed by atoms with Gasteiger partial charge in [-0.2, -0.15) is 0 Å². The first-order chi connectivity index (χ1) is 13.1. The van der Waals surface area contributed by atoms with E-state index in [-0.39, 0.29) is 30.1 Å². The number of nitrogens with one attached hydrogen (secondary N) is 1. The van der Waals surface area contributed by atoms with Crippen molar-refractivity contribution in [1.82, 2.24) is 9.88 Å². The summed E-state index contributed by atoms with van der Waals surface area (Å²) in [5.74, 6) is 0.731. The number of fused-ring (bicyclic) bond motifs is 1. The van der Waals surface area contributed by atoms with Crippen LogP contribution in [0.2, 0.25) is 0 Å². The zero-order valence-electron chi connectivity index (χ0n) is 15.5. The number of likely N-dealkylation sites (tertiary alicyclic amines) is 1. The maximum Gasteiger partial charge on any atom is 0.270 e. The summed E-state index contributed by atoms with van der Waals surface area (Å²) >= 11 is 0. The minimum Gasteiger partial charge on any atom is -0.497 e. The number of aliphatic hydroxyl groups is 2. The third-order valence-electron chi connectivity index (χ3n) is 6.19. The van der Waals surface area contributed by atoms with Crippen molar-refractivity contribution in [3.63, 3.8) is 0 Å². The number of hydrogen-bond acceptors (Lipinski definition) is 5. The monoisotopic (exact) mass is 374 g/mol. The standard InChI is InChI=1S/C20H26N2O5/c1-26-14-2-3-15-13(10-14)11-16(21-15)19(25)22-6-4-20(5-7-22)17(24)12-18(20)27-9-8-23/h2-3,10-11,17-18,21,23-24H,4-9,12H2,1H3/t17-,18+/m1/s1. The van der Waals surface area contributed by atoms with Crippen molar-refractivity contribution in [2.45, 2.75) is 31.5 Å². The van der Waals surface area contributed by atoms with Crippen LogP contribution in [0.1, 0.15) is 29.8 Å². The fourth-order valence-electron chi connectivity index (χ4n) is 4.46. The molecule has 4 rings (SSSR count). The number of hydrogen-bond donors (Lipinski definition) is 3. The summed E-state index contributed by atoms with van der Waals surface area (Å²) in [5, 5.41) is 20.2. The largest absolute Gasteiger partial charge is 0.497 e. The fraction of sp³-hybridized carbons (Fsp3) is 0.550. The molecule has 0 radical (unpaired) electrons. The lowest BCUT2D eigenvalue weighted by molar-refractivity contribution is -0.211. The van der Waals surface area contributed by atoms with Crippen LogP contribution in [0.15, 0.2) is 24.3 Å². The predicted octanol–water partition coefficient (Wildman–Crippen LogP) is 1.54. The third-order valence-corrected chi connectivity index (χ3v) is 6.19. The molecule has 27 heavy (non-hydrogen) atoms. The number of nitrogens with zero attached hydrogens (tertiary/aromatic N) is 1. The molecule has 1 aliphatic carbocycles. The van der Waals surface area contributed by atoms with Crippen LogP contribution in [0.3, 0.4) is 0 Å². The fourth-order valence-corrected chi connectivity index (χ4v) is 4.46. The van der Waals surface area contributed by atoms with Crippen LogP contribution in [0.25, 0.3) is 10.9 Å². The van der Waals surface area contributed by atoms with Crippen molar-refractivity contribution in [1.29, 1.82) is 0 Å². The van der Waals surface area contributed by atoms with Gasteiger partial charge in [-0.05, 0) is 37.1 Å². The van der Waals surface area contributed by atoms with E-state index in [9.17, 15) is 9.90 Å². The number of piperidine rings is 1. The van der Waals surface area contributed by atoms with Crippen LogP contribution < -0.4 is 4.74 Å². The van der Waals surface area contributed by atoms with Crippen LogP contribution in [0.4, 0.5) is 0 Å². The average Bonchev–Trinajstić information content (AvgIpc) is 3.13. The van der Waals surface area contributed by atoms with Gasteiger partial charge >= 0.3 is 0 Å². The van der Waals surface area contributed by atoms with Gasteiger partial charge in [0, 0.05) is 35.8 Å². The number of aromatic nitrogens is 1. The molecule has 1 aromatic carbocycles. The van der Waals surface area contributed by atoms with Gasteiger partial charge in [0.25, 0.3) is 5.91 Å². The van der Waals surface area contributed by atoms with Crippen molar-refractivity contribution in [3.05, 3.63) is 30.0 Å². The van der Waals surface area contributed by atoms with E-state index in [4.69, 9.17) is 14.6 Å². The van der Waals surface area contributed by atoms with Gasteiger partial charge in [-0.25, -0.2) is 0 Å². The maximum atomic E-state index is 12.9. The second-order valence-electron chi connectivity index (χ2n) is 7.50. The number of aromatic amines is 1. The Labute approximate surface area is 157 Å². The molecule has 1 aliphatic heterocycles. The molecule has 1 amide bonds. The summed E-state index contributed by atoms with van der Waals surface area (Å²) < 4.78 is 10.9. The first kappa shape index (κ1) is 18.3. The number of rotatable bonds is 5. The molecule has 2 aliphatic rings. The normalized spacial score (nSPS) is 24.2. The molecule has 1 aromatic heterocycles. The number of benzene rings is 1. The van der Waals surface area contributed by atoms with Gasteiger partial charge in [-0.3, -0.25) is 4.79 Å². The Morgan fingerprint density at radius 1 is 1.33 bits per heavy atom. The van der Waals surface area contributed by atoms with Gasteiger partial charge in [0.2, 0.25) is 0 Å². The van der Waals surface area contributed by atoms with E-state index < -0.39 is 0 Å². The lowest BCUT2D eigenvalue weighted by atomic mass is 9.58. The van der Waals surface area contributed by atoms with E-state index in [1.54, 1.807) is 7.11 Å². The Balaban J connectivity index is 1.44. The van der Waals surface area contributed by atoms with Gasteiger partial charge in [0.15, 0.2) is 0 Å². The van der Waals surface area contributed by atoms with E-state index in [1.165, 1.54) is 0 Å². The van der Waals surface area contributed by atoms with Crippen molar-refractivity contribution in [2.75, 3.05) is 33.4 Å². The summed E-state index contributed by atoms with van der Waals surface area (Å²) in [6.45, 7) is 1.46. The minimum absolute atomic E-state index is 0.0154. The molecule has 1 saturated heterocycles. The highest BCUT2D eigenvalue weighted by molar-refractivity contribution is 5.98. The summed E-state index contributed by atoms with van der Waals surface area (Å²) in [6.07, 6.45) is 1.61. The molecule has 2 fully saturated rings. The number of methoxy groups -OCH3 is 1. The highest BCUT2D eigenvalue weighted by Gasteiger charge is 2.56. The van der Waals surface area contributed by atoms with Crippen LogP contribution in [0, 0.1) is 5.41 Å². The SMILES string of the molecule is COc1ccc2[nH]c(C(=O)N3CCC4(CC3)[C@H](O)C[C@@H]4OCCO)cc2c1. The van der Waals surface area contributed by atoms with Crippen LogP contribution >= 0.6 is 0 Å². The zero-order chi connectivity index (χ0) is 19.0. The topological polar surface area (TPSA) is 95.0 Å². The molecule has 2 atom stereocenters. The summed E-state index contributed by atoms with van der Waals surface area (Å²) in [7, 11) is 1.62. The summed E-state index contributed by atoms with van der Waals surface area (Å²) in [5.41, 5.74) is 1.19. The van der Waals surface area contributed by atoms with Gasteiger partial charge in [0.05, 0.1) is 32.5 Å². The Kier molecular flexibility index (Phi) is 4.84. The van der Waals surface area contributed by atoms with Crippen molar-refractivity contribution in [3.8, 4) is 5.75 Å². The first-order valence-electron chi connectivity index (χ1n) is 9.44. The van der Waals surface area contributed by atoms with Crippen molar-refractivity contribution >= 4 is 16.8 Å². The maximum absolute atomic E-state index is 12.9. The molecular weight excluding hydrogens is 348 g/mol. The van der Waals surface area contributed by atoms with Crippen molar-refractivity contribution < 1.29 is 24.5 Å². The summed E-state index contributed by atoms with van der Waals surface area (Å²) in [4.78, 5) is 17.9. The van der Waals surface area contributed by atoms with Crippen LogP contribution in [-0.2, 0) is 4.74 Å². The van der Waals surface area contributed by atoms with E-state index in [0.717, 1.165) is 16.7 Å². The van der Waals surface area contributed by atoms with Gasteiger partial charge in [-0.15, -0.1) is 0 Å². The average molecular weight is 374 g/mol. The molecule has 2 heterocycles. The molecular formula is C20H26N2O5. The van der Waals surface area contributed by atoms with Gasteiger partial charge < -0.3 is 29.6 Å². The predicted molar refractivity (Wildman–Crippen MR) is 99.9 cm³/mol. The molecule has 1 saturated carbocycles. The Morgan fingerprint density at radius 3 is 2.78 bits per heavy atom. The number of H-pyrrole nitrogens is 1. The smallest absolute Gasteiger partial charge is 0.270 e. The van der Waals surface area contributed by atoms with E-state index >= 15 is 0 Å². The van der Waals surface area contributed by atoms with Gasteiger partial charge in [0.1, 0.15) is 11.4 Å². The third kappa shape index (κ3) is 3.09. The van der Waals surface area contributed by atoms with E-state index in [0.29, 0.717) is 44.7 Å². The lowest BCUT2D eigenvalue weighted by Gasteiger charge is -2.56. The molecule has 0 unspecified atom stereocenters. The van der Waals surface area contributed by atoms with E-state index in [1.807, 2.05) is 29.2 Å². The highest BCUT2D eigenvalue weighted by atomic mass is 16.5. The quantitative estimate of drug-likeness (QED) is 0.738. The first-order valence-corrected chi connectivity index (χ1v) is 9.44. The number of aliphatic hydroxyl groups excluding tert-OH is 2.